The number of primary amides is 1. The maximum Gasteiger partial charge on any atom is 0.243 e. The molecule has 1 aliphatic rings. The molecule has 23 nitrogen and oxygen atoms in total. The average molecular weight is 987 g/mol. The van der Waals surface area contributed by atoms with Crippen LogP contribution in [0.2, 0.25) is 0 Å². The lowest BCUT2D eigenvalue weighted by atomic mass is 10.0. The largest absolute Gasteiger partial charge is 0.370 e. The summed E-state index contributed by atoms with van der Waals surface area (Å²) >= 11 is 0. The zero-order valence-corrected chi connectivity index (χ0v) is 40.4. The summed E-state index contributed by atoms with van der Waals surface area (Å²) in [5.74, 6) is -6.90. The number of para-hydroxylation sites is 1. The minimum absolute atomic E-state index is 0.0109. The van der Waals surface area contributed by atoms with Gasteiger partial charge in [-0.15, -0.1) is 0 Å². The van der Waals surface area contributed by atoms with Gasteiger partial charge < -0.3 is 70.5 Å². The van der Waals surface area contributed by atoms with Crippen LogP contribution in [-0.2, 0) is 56.0 Å². The predicted octanol–water partition coefficient (Wildman–Crippen LogP) is -1.87. The van der Waals surface area contributed by atoms with E-state index in [0.29, 0.717) is 24.0 Å². The number of aromatic nitrogens is 1. The summed E-state index contributed by atoms with van der Waals surface area (Å²) in [5.41, 5.74) is 24.8. The molecule has 0 bridgehead atoms. The number of nitrogens with one attached hydrogen (secondary N) is 9. The number of fused-ring (bicyclic) bond motifs is 1. The minimum atomic E-state index is -1.43. The number of nitrogens with two attached hydrogens (primary N) is 4. The molecule has 386 valence electrons. The molecule has 2 aromatic carbocycles. The quantitative estimate of drug-likeness (QED) is 0.0337. The fourth-order valence-electron chi connectivity index (χ4n) is 7.98. The van der Waals surface area contributed by atoms with E-state index >= 15 is 0 Å². The smallest absolute Gasteiger partial charge is 0.243 e. The van der Waals surface area contributed by atoms with Crippen LogP contribution in [0.5, 0.6) is 0 Å². The summed E-state index contributed by atoms with van der Waals surface area (Å²) in [5, 5.41) is 22.2. The number of carbonyl (C=O) groups excluding carboxylic acids is 9. The number of aromatic amines is 1. The van der Waals surface area contributed by atoms with Crippen molar-refractivity contribution in [3.63, 3.8) is 0 Å². The molecule has 1 saturated heterocycles. The van der Waals surface area contributed by atoms with Crippen molar-refractivity contribution >= 4 is 70.0 Å². The lowest BCUT2D eigenvalue weighted by molar-refractivity contribution is -0.136. The number of amides is 9. The van der Waals surface area contributed by atoms with Gasteiger partial charge in [0.25, 0.3) is 0 Å². The molecule has 7 unspecified atom stereocenters. The van der Waals surface area contributed by atoms with Crippen molar-refractivity contribution in [1.29, 1.82) is 0 Å². The number of hydrogen-bond donors (Lipinski definition) is 13. The van der Waals surface area contributed by atoms with Crippen molar-refractivity contribution in [2.24, 2.45) is 27.9 Å². The minimum Gasteiger partial charge on any atom is -0.370 e. The Bertz CT molecular complexity index is 2340. The Morgan fingerprint density at radius 3 is 2.08 bits per heavy atom. The third-order valence-electron chi connectivity index (χ3n) is 11.8. The molecule has 1 fully saturated rings. The molecule has 0 aliphatic carbocycles. The molecule has 2 heterocycles. The van der Waals surface area contributed by atoms with E-state index in [1.807, 2.05) is 31.2 Å². The third-order valence-corrected chi connectivity index (χ3v) is 11.8. The van der Waals surface area contributed by atoms with Gasteiger partial charge in [0, 0.05) is 56.4 Å². The van der Waals surface area contributed by atoms with Crippen LogP contribution in [0.3, 0.4) is 0 Å². The molecule has 1 aromatic heterocycles. The Balaban J connectivity index is 1.74. The Morgan fingerprint density at radius 2 is 1.41 bits per heavy atom. The van der Waals surface area contributed by atoms with Crippen LogP contribution in [0, 0.1) is 0 Å². The van der Waals surface area contributed by atoms with Crippen LogP contribution < -0.4 is 65.5 Å². The molecule has 23 heteroatoms. The van der Waals surface area contributed by atoms with Gasteiger partial charge in [-0.05, 0) is 68.7 Å². The number of benzene rings is 2. The molecule has 9 amide bonds. The highest BCUT2D eigenvalue weighted by Gasteiger charge is 2.35. The second-order valence-corrected chi connectivity index (χ2v) is 17.5. The molecule has 17 N–H and O–H groups in total. The summed E-state index contributed by atoms with van der Waals surface area (Å²) in [6.07, 6.45) is 2.68. The molecular formula is C48H70N14O9. The molecule has 0 radical (unpaired) electrons. The van der Waals surface area contributed by atoms with Crippen molar-refractivity contribution in [2.75, 3.05) is 19.6 Å². The lowest BCUT2D eigenvalue weighted by Crippen LogP contribution is -2.60. The first-order chi connectivity index (χ1) is 34.0. The second-order valence-electron chi connectivity index (χ2n) is 17.5. The fraction of sp³-hybridized carbons (Fsp3) is 0.500. The molecule has 0 saturated carbocycles. The Morgan fingerprint density at radius 1 is 0.761 bits per heavy atom. The third kappa shape index (κ3) is 18.7. The first-order valence-corrected chi connectivity index (χ1v) is 24.0. The van der Waals surface area contributed by atoms with Crippen molar-refractivity contribution < 1.29 is 43.2 Å². The standard InChI is InChI=1S/C48H70N14O9/c1-3-4-15-33(56-28(2)63)42(66)59-36-19-20-40(64)53-24-21-37(46(70)61-38(41(50)65)26-30-27-55-32-16-9-8-14-31(30)32)60-43(67)35(18-11-23-54-48(51)52)58-47(71)39(25-29-12-6-5-7-13-29)62-44(68)34(17-10-22-49)57-45(36)69/h5-9,12-14,16,27,33-39,55H,3-4,10-11,15,17-26,49H2,1-2H3,(H2,50,65)(H,53,64)(H,56,63)(H,57,69)(H,58,71)(H,59,66)(H,60,67)(H,61,70)(H,62,68)(H4,51,52,54). The predicted molar refractivity (Wildman–Crippen MR) is 265 cm³/mol. The van der Waals surface area contributed by atoms with Crippen LogP contribution in [0.15, 0.2) is 65.8 Å². The number of carbonyl (C=O) groups is 9. The van der Waals surface area contributed by atoms with Gasteiger partial charge in [-0.3, -0.25) is 48.1 Å². The van der Waals surface area contributed by atoms with E-state index in [0.717, 1.165) is 10.9 Å². The normalized spacial score (nSPS) is 20.4. The van der Waals surface area contributed by atoms with Crippen molar-refractivity contribution in [1.82, 2.24) is 47.5 Å². The monoisotopic (exact) mass is 987 g/mol. The van der Waals surface area contributed by atoms with E-state index in [1.165, 1.54) is 6.92 Å². The Labute approximate surface area is 412 Å². The van der Waals surface area contributed by atoms with Gasteiger partial charge in [0.15, 0.2) is 5.96 Å². The van der Waals surface area contributed by atoms with Crippen molar-refractivity contribution in [2.45, 2.75) is 133 Å². The highest BCUT2D eigenvalue weighted by molar-refractivity contribution is 5.98. The van der Waals surface area contributed by atoms with Gasteiger partial charge >= 0.3 is 0 Å². The average Bonchev–Trinajstić information content (AvgIpc) is 3.74. The number of rotatable bonds is 20. The number of unbranched alkanes of at least 4 members (excludes halogenated alkanes) is 1. The summed E-state index contributed by atoms with van der Waals surface area (Å²) in [7, 11) is 0. The summed E-state index contributed by atoms with van der Waals surface area (Å²) in [4.78, 5) is 131. The van der Waals surface area contributed by atoms with Gasteiger partial charge in [0.1, 0.15) is 42.3 Å². The van der Waals surface area contributed by atoms with E-state index in [9.17, 15) is 43.2 Å². The van der Waals surface area contributed by atoms with Crippen molar-refractivity contribution in [3.05, 3.63) is 71.9 Å². The van der Waals surface area contributed by atoms with Gasteiger partial charge in [-0.25, -0.2) is 0 Å². The van der Waals surface area contributed by atoms with E-state index in [1.54, 1.807) is 36.5 Å². The lowest BCUT2D eigenvalue weighted by Gasteiger charge is -2.28. The summed E-state index contributed by atoms with van der Waals surface area (Å²) in [6, 6.07) is 6.98. The van der Waals surface area contributed by atoms with Gasteiger partial charge in [-0.1, -0.05) is 68.3 Å². The first-order valence-electron chi connectivity index (χ1n) is 24.0. The highest BCUT2D eigenvalue weighted by atomic mass is 16.2. The van der Waals surface area contributed by atoms with Crippen LogP contribution in [0.1, 0.15) is 89.2 Å². The maximum atomic E-state index is 14.5. The summed E-state index contributed by atoms with van der Waals surface area (Å²) < 4.78 is 0. The first kappa shape index (κ1) is 56.0. The number of aliphatic imine (C=N–C) groups is 1. The van der Waals surface area contributed by atoms with E-state index < -0.39 is 95.5 Å². The zero-order valence-electron chi connectivity index (χ0n) is 40.4. The molecule has 71 heavy (non-hydrogen) atoms. The molecule has 1 aliphatic heterocycles. The van der Waals surface area contributed by atoms with Crippen LogP contribution in [0.25, 0.3) is 10.9 Å². The zero-order chi connectivity index (χ0) is 51.9. The molecule has 4 rings (SSSR count). The Kier molecular flexibility index (Phi) is 22.7. The number of hydrogen-bond acceptors (Lipinski definition) is 11. The van der Waals surface area contributed by atoms with E-state index in [-0.39, 0.29) is 89.8 Å². The maximum absolute atomic E-state index is 14.5. The Hall–Kier alpha value is -7.56. The topological polar surface area (TPSA) is 382 Å². The van der Waals surface area contributed by atoms with Crippen LogP contribution in [0.4, 0.5) is 0 Å². The summed E-state index contributed by atoms with van der Waals surface area (Å²) in [6.45, 7) is 3.14. The molecule has 7 atom stereocenters. The SMILES string of the molecule is CCCCC(NC(C)=O)C(=O)NC1CCC(=O)NCCC(C(=O)NC(Cc2c[nH]c3ccccc23)C(N)=O)NC(=O)C(CCCN=C(N)N)NC(=O)C(Cc2ccccc2)NC(=O)C(CCCN)NC1=O. The van der Waals surface area contributed by atoms with Gasteiger partial charge in [-0.2, -0.15) is 0 Å². The molecular weight excluding hydrogens is 917 g/mol. The molecule has 3 aromatic rings. The number of guanidine groups is 1. The van der Waals surface area contributed by atoms with E-state index in [2.05, 4.69) is 52.5 Å². The van der Waals surface area contributed by atoms with Gasteiger partial charge in [0.05, 0.1) is 0 Å². The van der Waals surface area contributed by atoms with Crippen LogP contribution >= 0.6 is 0 Å². The fourth-order valence-corrected chi connectivity index (χ4v) is 7.98. The van der Waals surface area contributed by atoms with Crippen LogP contribution in [-0.4, -0.2) is 126 Å². The second kappa shape index (κ2) is 28.8. The van der Waals surface area contributed by atoms with Gasteiger partial charge in [0.2, 0.25) is 53.2 Å². The number of H-pyrrole nitrogens is 1. The number of nitrogens with zero attached hydrogens (tertiary/aromatic N) is 1. The molecule has 0 spiro atoms. The highest BCUT2D eigenvalue weighted by Crippen LogP contribution is 2.19. The van der Waals surface area contributed by atoms with E-state index in [4.69, 9.17) is 22.9 Å². The van der Waals surface area contributed by atoms with Crippen molar-refractivity contribution in [3.8, 4) is 0 Å².